The zero-order chi connectivity index (χ0) is 15.6. The zero-order valence-electron chi connectivity index (χ0n) is 12.1. The van der Waals surface area contributed by atoms with Crippen LogP contribution in [0.5, 0.6) is 0 Å². The molecule has 0 saturated carbocycles. The summed E-state index contributed by atoms with van der Waals surface area (Å²) in [6, 6.07) is 0.693. The van der Waals surface area contributed by atoms with Crippen molar-refractivity contribution >= 4 is 23.0 Å². The maximum atomic E-state index is 12.4. The van der Waals surface area contributed by atoms with Gasteiger partial charge in [-0.15, -0.1) is 0 Å². The third-order valence-electron chi connectivity index (χ3n) is 3.17. The van der Waals surface area contributed by atoms with E-state index >= 15 is 0 Å². The highest BCUT2D eigenvalue weighted by Gasteiger charge is 2.23. The Labute approximate surface area is 121 Å². The maximum Gasteiger partial charge on any atom is 0.326 e. The van der Waals surface area contributed by atoms with Crippen LogP contribution >= 0.6 is 0 Å². The lowest BCUT2D eigenvalue weighted by Gasteiger charge is -2.14. The van der Waals surface area contributed by atoms with Crippen LogP contribution in [0.3, 0.4) is 0 Å². The van der Waals surface area contributed by atoms with Crippen LogP contribution in [-0.2, 0) is 4.79 Å². The number of aryl methyl sites for hydroxylation is 2. The number of hydrogen-bond acceptors (Lipinski definition) is 5. The molecule has 0 bridgehead atoms. The van der Waals surface area contributed by atoms with E-state index in [-0.39, 0.29) is 5.71 Å². The molecule has 0 aliphatic carbocycles. The molecule has 7 nitrogen and oxygen atoms in total. The number of pyridine rings is 1. The van der Waals surface area contributed by atoms with E-state index in [0.717, 1.165) is 0 Å². The SMILES string of the molecule is CCCC(NC(=O)c1cc(C)nc2onc(C)c12)C(=O)O. The molecule has 0 aliphatic rings. The molecule has 0 radical (unpaired) electrons. The molecule has 2 aromatic heterocycles. The van der Waals surface area contributed by atoms with Gasteiger partial charge in [0, 0.05) is 5.69 Å². The van der Waals surface area contributed by atoms with Crippen LogP contribution < -0.4 is 5.32 Å². The highest BCUT2D eigenvalue weighted by Crippen LogP contribution is 2.22. The molecule has 0 aliphatic heterocycles. The standard InChI is InChI=1S/C14H17N3O4/c1-4-5-10(14(19)20)16-12(18)9-6-7(2)15-13-11(9)8(3)17-21-13/h6,10H,4-5H2,1-3H3,(H,16,18)(H,19,20). The number of carbonyl (C=O) groups is 2. The summed E-state index contributed by atoms with van der Waals surface area (Å²) in [5.41, 5.74) is 1.76. The number of amides is 1. The van der Waals surface area contributed by atoms with Crippen LogP contribution in [0.4, 0.5) is 0 Å². The fourth-order valence-corrected chi connectivity index (χ4v) is 2.18. The predicted octanol–water partition coefficient (Wildman–Crippen LogP) is 1.82. The molecule has 1 atom stereocenters. The number of hydrogen-bond donors (Lipinski definition) is 2. The van der Waals surface area contributed by atoms with Crippen LogP contribution in [0, 0.1) is 13.8 Å². The number of carboxylic acids is 1. The molecule has 1 unspecified atom stereocenters. The first-order valence-corrected chi connectivity index (χ1v) is 6.71. The molecule has 2 heterocycles. The number of aromatic nitrogens is 2. The summed E-state index contributed by atoms with van der Waals surface area (Å²) in [4.78, 5) is 27.7. The minimum Gasteiger partial charge on any atom is -0.480 e. The summed E-state index contributed by atoms with van der Waals surface area (Å²) in [7, 11) is 0. The molecule has 7 heteroatoms. The molecular weight excluding hydrogens is 274 g/mol. The predicted molar refractivity (Wildman–Crippen MR) is 75.1 cm³/mol. The Balaban J connectivity index is 2.39. The molecule has 0 spiro atoms. The van der Waals surface area contributed by atoms with Gasteiger partial charge in [0.05, 0.1) is 16.6 Å². The van der Waals surface area contributed by atoms with Gasteiger partial charge < -0.3 is 14.9 Å². The summed E-state index contributed by atoms with van der Waals surface area (Å²) < 4.78 is 5.06. The summed E-state index contributed by atoms with van der Waals surface area (Å²) >= 11 is 0. The van der Waals surface area contributed by atoms with Crippen molar-refractivity contribution in [1.82, 2.24) is 15.5 Å². The van der Waals surface area contributed by atoms with E-state index in [0.29, 0.717) is 35.2 Å². The topological polar surface area (TPSA) is 105 Å². The quantitative estimate of drug-likeness (QED) is 0.870. The average Bonchev–Trinajstić information content (AvgIpc) is 2.78. The molecule has 21 heavy (non-hydrogen) atoms. The van der Waals surface area contributed by atoms with Crippen molar-refractivity contribution in [3.05, 3.63) is 23.0 Å². The molecule has 0 aromatic carbocycles. The molecule has 2 N–H and O–H groups in total. The Morgan fingerprint density at radius 2 is 2.14 bits per heavy atom. The summed E-state index contributed by atoms with van der Waals surface area (Å²) in [6.07, 6.45) is 1.03. The van der Waals surface area contributed by atoms with Gasteiger partial charge in [-0.3, -0.25) is 4.79 Å². The maximum absolute atomic E-state index is 12.4. The fraction of sp³-hybridized carbons (Fsp3) is 0.429. The van der Waals surface area contributed by atoms with E-state index in [1.807, 2.05) is 6.92 Å². The first-order chi connectivity index (χ1) is 9.93. The lowest BCUT2D eigenvalue weighted by molar-refractivity contribution is -0.139. The van der Waals surface area contributed by atoms with Crippen molar-refractivity contribution in [2.75, 3.05) is 0 Å². The Bertz CT molecular complexity index is 693. The molecule has 0 saturated heterocycles. The first-order valence-electron chi connectivity index (χ1n) is 6.71. The van der Waals surface area contributed by atoms with Crippen LogP contribution in [0.2, 0.25) is 0 Å². The normalized spacial score (nSPS) is 12.3. The van der Waals surface area contributed by atoms with Gasteiger partial charge in [0.1, 0.15) is 6.04 Å². The van der Waals surface area contributed by atoms with Gasteiger partial charge >= 0.3 is 5.97 Å². The third-order valence-corrected chi connectivity index (χ3v) is 3.17. The van der Waals surface area contributed by atoms with Gasteiger partial charge in [0.25, 0.3) is 11.6 Å². The summed E-state index contributed by atoms with van der Waals surface area (Å²) in [5, 5.41) is 16.0. The van der Waals surface area contributed by atoms with Crippen LogP contribution in [0.1, 0.15) is 41.5 Å². The minimum atomic E-state index is -1.05. The van der Waals surface area contributed by atoms with Crippen LogP contribution in [0.25, 0.3) is 11.1 Å². The first kappa shape index (κ1) is 15.0. The largest absolute Gasteiger partial charge is 0.480 e. The molecule has 0 fully saturated rings. The van der Waals surface area contributed by atoms with Crippen molar-refractivity contribution in [3.63, 3.8) is 0 Å². The smallest absolute Gasteiger partial charge is 0.326 e. The summed E-state index contributed by atoms with van der Waals surface area (Å²) in [6.45, 7) is 5.30. The number of carbonyl (C=O) groups excluding carboxylic acids is 1. The van der Waals surface area contributed by atoms with Gasteiger partial charge in [0.2, 0.25) is 0 Å². The second kappa shape index (κ2) is 5.90. The fourth-order valence-electron chi connectivity index (χ4n) is 2.18. The van der Waals surface area contributed by atoms with Gasteiger partial charge in [-0.25, -0.2) is 9.78 Å². The number of carboxylic acid groups (broad SMARTS) is 1. The van der Waals surface area contributed by atoms with Crippen molar-refractivity contribution in [1.29, 1.82) is 0 Å². The van der Waals surface area contributed by atoms with E-state index in [9.17, 15) is 9.59 Å². The van der Waals surface area contributed by atoms with E-state index in [4.69, 9.17) is 9.63 Å². The number of nitrogens with one attached hydrogen (secondary N) is 1. The molecule has 2 aromatic rings. The Morgan fingerprint density at radius 1 is 1.43 bits per heavy atom. The number of fused-ring (bicyclic) bond motifs is 1. The number of rotatable bonds is 5. The van der Waals surface area contributed by atoms with Crippen LogP contribution in [-0.4, -0.2) is 33.2 Å². The van der Waals surface area contributed by atoms with Gasteiger partial charge in [0.15, 0.2) is 0 Å². The van der Waals surface area contributed by atoms with Crippen molar-refractivity contribution in [2.24, 2.45) is 0 Å². The van der Waals surface area contributed by atoms with Crippen molar-refractivity contribution in [2.45, 2.75) is 39.7 Å². The van der Waals surface area contributed by atoms with Gasteiger partial charge in [-0.2, -0.15) is 0 Å². The van der Waals surface area contributed by atoms with Crippen LogP contribution in [0.15, 0.2) is 10.6 Å². The molecule has 112 valence electrons. The number of nitrogens with zero attached hydrogens (tertiary/aromatic N) is 2. The third kappa shape index (κ3) is 3.01. The lowest BCUT2D eigenvalue weighted by Crippen LogP contribution is -2.40. The summed E-state index contributed by atoms with van der Waals surface area (Å²) in [5.74, 6) is -1.51. The van der Waals surface area contributed by atoms with E-state index < -0.39 is 17.9 Å². The second-order valence-corrected chi connectivity index (χ2v) is 4.91. The van der Waals surface area contributed by atoms with Crippen molar-refractivity contribution in [3.8, 4) is 0 Å². The van der Waals surface area contributed by atoms with Crippen molar-refractivity contribution < 1.29 is 19.2 Å². The highest BCUT2D eigenvalue weighted by molar-refractivity contribution is 6.07. The van der Waals surface area contributed by atoms with Gasteiger partial charge in [-0.1, -0.05) is 18.5 Å². The minimum absolute atomic E-state index is 0.278. The van der Waals surface area contributed by atoms with E-state index in [1.54, 1.807) is 19.9 Å². The Kier molecular flexibility index (Phi) is 4.21. The molecule has 1 amide bonds. The molecule has 2 rings (SSSR count). The Morgan fingerprint density at radius 3 is 2.76 bits per heavy atom. The molecular formula is C14H17N3O4. The van der Waals surface area contributed by atoms with Gasteiger partial charge in [-0.05, 0) is 26.3 Å². The average molecular weight is 291 g/mol. The van der Waals surface area contributed by atoms with E-state index in [2.05, 4.69) is 15.5 Å². The van der Waals surface area contributed by atoms with E-state index in [1.165, 1.54) is 0 Å². The monoisotopic (exact) mass is 291 g/mol. The highest BCUT2D eigenvalue weighted by atomic mass is 16.5. The zero-order valence-corrected chi connectivity index (χ0v) is 12.1. The number of aliphatic carboxylic acids is 1. The second-order valence-electron chi connectivity index (χ2n) is 4.91. The lowest BCUT2D eigenvalue weighted by atomic mass is 10.1. The Hall–Kier alpha value is -2.44.